The minimum absolute atomic E-state index is 0.314. The van der Waals surface area contributed by atoms with Crippen molar-refractivity contribution in [3.05, 3.63) is 48.3 Å². The van der Waals surface area contributed by atoms with Gasteiger partial charge in [0, 0.05) is 19.3 Å². The summed E-state index contributed by atoms with van der Waals surface area (Å²) in [6, 6.07) is 12.0. The lowest BCUT2D eigenvalue weighted by molar-refractivity contribution is 0.137. The molecular weight excluding hydrogens is 226 g/mol. The number of hydrogen-bond donors (Lipinski definition) is 1. The molecule has 0 fully saturated rings. The SMILES string of the molecule is CC(O)CN(C)Cc1ccn(-c2ccccc2)n1. The van der Waals surface area contributed by atoms with Gasteiger partial charge in [-0.1, -0.05) is 18.2 Å². The molecule has 4 heteroatoms. The van der Waals surface area contributed by atoms with E-state index in [2.05, 4.69) is 10.00 Å². The topological polar surface area (TPSA) is 41.3 Å². The van der Waals surface area contributed by atoms with Crippen LogP contribution in [0, 0.1) is 0 Å². The number of likely N-dealkylation sites (N-methyl/N-ethyl adjacent to an activating group) is 1. The molecule has 0 aliphatic carbocycles. The molecule has 0 saturated carbocycles. The Labute approximate surface area is 107 Å². The van der Waals surface area contributed by atoms with Crippen LogP contribution in [0.3, 0.4) is 0 Å². The van der Waals surface area contributed by atoms with Crippen LogP contribution in [0.15, 0.2) is 42.6 Å². The van der Waals surface area contributed by atoms with E-state index in [0.717, 1.165) is 17.9 Å². The standard InChI is InChI=1S/C14H19N3O/c1-12(18)10-16(2)11-13-8-9-17(15-13)14-6-4-3-5-7-14/h3-9,12,18H,10-11H2,1-2H3. The van der Waals surface area contributed by atoms with Crippen LogP contribution < -0.4 is 0 Å². The van der Waals surface area contributed by atoms with Gasteiger partial charge in [-0.25, -0.2) is 4.68 Å². The maximum atomic E-state index is 9.32. The average Bonchev–Trinajstić information content (AvgIpc) is 2.77. The van der Waals surface area contributed by atoms with Gasteiger partial charge in [0.05, 0.1) is 17.5 Å². The molecular formula is C14H19N3O. The monoisotopic (exact) mass is 245 g/mol. The summed E-state index contributed by atoms with van der Waals surface area (Å²) in [6.45, 7) is 3.18. The summed E-state index contributed by atoms with van der Waals surface area (Å²) in [5.41, 5.74) is 2.06. The largest absolute Gasteiger partial charge is 0.392 e. The number of aromatic nitrogens is 2. The lowest BCUT2D eigenvalue weighted by Gasteiger charge is -2.16. The van der Waals surface area contributed by atoms with Crippen LogP contribution in [0.1, 0.15) is 12.6 Å². The maximum absolute atomic E-state index is 9.32. The summed E-state index contributed by atoms with van der Waals surface area (Å²) in [6.07, 6.45) is 1.65. The third-order valence-electron chi connectivity index (χ3n) is 2.67. The molecule has 1 heterocycles. The molecule has 18 heavy (non-hydrogen) atoms. The van der Waals surface area contributed by atoms with E-state index in [0.29, 0.717) is 6.54 Å². The van der Waals surface area contributed by atoms with E-state index in [4.69, 9.17) is 0 Å². The van der Waals surface area contributed by atoms with Crippen LogP contribution >= 0.6 is 0 Å². The van der Waals surface area contributed by atoms with Gasteiger partial charge in [-0.05, 0) is 32.2 Å². The first kappa shape index (κ1) is 12.8. The number of aliphatic hydroxyl groups is 1. The summed E-state index contributed by atoms with van der Waals surface area (Å²) >= 11 is 0. The van der Waals surface area contributed by atoms with Crippen LogP contribution in [0.5, 0.6) is 0 Å². The van der Waals surface area contributed by atoms with Gasteiger partial charge >= 0.3 is 0 Å². The molecule has 4 nitrogen and oxygen atoms in total. The molecule has 96 valence electrons. The van der Waals surface area contributed by atoms with Crippen molar-refractivity contribution >= 4 is 0 Å². The fraction of sp³-hybridized carbons (Fsp3) is 0.357. The molecule has 0 aliphatic heterocycles. The summed E-state index contributed by atoms with van der Waals surface area (Å²) < 4.78 is 1.87. The van der Waals surface area contributed by atoms with E-state index in [-0.39, 0.29) is 6.10 Å². The number of benzene rings is 1. The Bertz CT molecular complexity index is 479. The zero-order valence-electron chi connectivity index (χ0n) is 10.8. The third kappa shape index (κ3) is 3.42. The van der Waals surface area contributed by atoms with Gasteiger partial charge < -0.3 is 5.11 Å². The molecule has 1 aromatic heterocycles. The van der Waals surface area contributed by atoms with Crippen molar-refractivity contribution in [2.24, 2.45) is 0 Å². The molecule has 1 unspecified atom stereocenters. The second-order valence-corrected chi connectivity index (χ2v) is 4.63. The molecule has 0 aliphatic rings. The van der Waals surface area contributed by atoms with Gasteiger partial charge in [-0.2, -0.15) is 5.10 Å². The summed E-state index contributed by atoms with van der Waals surface area (Å²) in [7, 11) is 1.98. The number of nitrogens with zero attached hydrogens (tertiary/aromatic N) is 3. The minimum atomic E-state index is -0.314. The zero-order chi connectivity index (χ0) is 13.0. The molecule has 2 aromatic rings. The van der Waals surface area contributed by atoms with Crippen LogP contribution in [-0.4, -0.2) is 39.5 Å². The number of para-hydroxylation sites is 1. The highest BCUT2D eigenvalue weighted by Crippen LogP contribution is 2.08. The molecule has 0 amide bonds. The molecule has 1 N–H and O–H groups in total. The van der Waals surface area contributed by atoms with Crippen molar-refractivity contribution in [1.29, 1.82) is 0 Å². The van der Waals surface area contributed by atoms with Crippen molar-refractivity contribution in [1.82, 2.24) is 14.7 Å². The van der Waals surface area contributed by atoms with Gasteiger partial charge in [0.15, 0.2) is 0 Å². The molecule has 0 spiro atoms. The van der Waals surface area contributed by atoms with Crippen LogP contribution in [0.4, 0.5) is 0 Å². The van der Waals surface area contributed by atoms with Crippen LogP contribution in [0.2, 0.25) is 0 Å². The van der Waals surface area contributed by atoms with E-state index in [9.17, 15) is 5.11 Å². The Morgan fingerprint density at radius 1 is 1.28 bits per heavy atom. The zero-order valence-corrected chi connectivity index (χ0v) is 10.8. The lowest BCUT2D eigenvalue weighted by atomic mass is 10.3. The quantitative estimate of drug-likeness (QED) is 0.871. The van der Waals surface area contributed by atoms with Crippen molar-refractivity contribution < 1.29 is 5.11 Å². The van der Waals surface area contributed by atoms with Gasteiger partial charge in [-0.3, -0.25) is 4.90 Å². The molecule has 0 radical (unpaired) electrons. The highest BCUT2D eigenvalue weighted by Gasteiger charge is 2.06. The summed E-state index contributed by atoms with van der Waals surface area (Å²) in [5.74, 6) is 0. The van der Waals surface area contributed by atoms with Crippen molar-refractivity contribution in [3.8, 4) is 5.69 Å². The smallest absolute Gasteiger partial charge is 0.0769 e. The third-order valence-corrected chi connectivity index (χ3v) is 2.67. The minimum Gasteiger partial charge on any atom is -0.392 e. The van der Waals surface area contributed by atoms with Gasteiger partial charge in [0.2, 0.25) is 0 Å². The second-order valence-electron chi connectivity index (χ2n) is 4.63. The number of hydrogen-bond acceptors (Lipinski definition) is 3. The highest BCUT2D eigenvalue weighted by atomic mass is 16.3. The summed E-state index contributed by atoms with van der Waals surface area (Å²) in [5, 5.41) is 13.8. The Morgan fingerprint density at radius 3 is 2.67 bits per heavy atom. The van der Waals surface area contributed by atoms with Gasteiger partial charge in [0.1, 0.15) is 0 Å². The predicted octanol–water partition coefficient (Wildman–Crippen LogP) is 1.68. The molecule has 0 saturated heterocycles. The Hall–Kier alpha value is -1.65. The van der Waals surface area contributed by atoms with E-state index < -0.39 is 0 Å². The van der Waals surface area contributed by atoms with Gasteiger partial charge in [0.25, 0.3) is 0 Å². The lowest BCUT2D eigenvalue weighted by Crippen LogP contribution is -2.26. The normalized spacial score (nSPS) is 12.9. The van der Waals surface area contributed by atoms with Crippen LogP contribution in [-0.2, 0) is 6.54 Å². The first-order valence-electron chi connectivity index (χ1n) is 6.12. The highest BCUT2D eigenvalue weighted by molar-refractivity contribution is 5.30. The average molecular weight is 245 g/mol. The Kier molecular flexibility index (Phi) is 4.12. The van der Waals surface area contributed by atoms with E-state index >= 15 is 0 Å². The summed E-state index contributed by atoms with van der Waals surface area (Å²) in [4.78, 5) is 2.06. The van der Waals surface area contributed by atoms with Crippen molar-refractivity contribution in [3.63, 3.8) is 0 Å². The van der Waals surface area contributed by atoms with Crippen LogP contribution in [0.25, 0.3) is 5.69 Å². The molecule has 1 aromatic carbocycles. The fourth-order valence-corrected chi connectivity index (χ4v) is 1.96. The van der Waals surface area contributed by atoms with Crippen molar-refractivity contribution in [2.45, 2.75) is 19.6 Å². The second kappa shape index (κ2) is 5.80. The molecule has 2 rings (SSSR count). The molecule has 0 bridgehead atoms. The fourth-order valence-electron chi connectivity index (χ4n) is 1.96. The van der Waals surface area contributed by atoms with E-state index in [1.807, 2.05) is 54.3 Å². The van der Waals surface area contributed by atoms with E-state index in [1.165, 1.54) is 0 Å². The Balaban J connectivity index is 2.03. The first-order chi connectivity index (χ1) is 8.65. The van der Waals surface area contributed by atoms with Gasteiger partial charge in [-0.15, -0.1) is 0 Å². The number of aliphatic hydroxyl groups excluding tert-OH is 1. The number of rotatable bonds is 5. The first-order valence-corrected chi connectivity index (χ1v) is 6.12. The predicted molar refractivity (Wildman–Crippen MR) is 71.6 cm³/mol. The Morgan fingerprint density at radius 2 is 2.00 bits per heavy atom. The van der Waals surface area contributed by atoms with E-state index in [1.54, 1.807) is 6.92 Å². The maximum Gasteiger partial charge on any atom is 0.0769 e. The molecule has 1 atom stereocenters. The van der Waals surface area contributed by atoms with Crippen molar-refractivity contribution in [2.75, 3.05) is 13.6 Å².